The van der Waals surface area contributed by atoms with E-state index in [4.69, 9.17) is 17.3 Å². The molecule has 1 aromatic carbocycles. The topological polar surface area (TPSA) is 80.5 Å². The number of piperidine rings is 1. The van der Waals surface area contributed by atoms with Crippen LogP contribution in [0.1, 0.15) is 19.8 Å². The molecule has 0 unspecified atom stereocenters. The van der Waals surface area contributed by atoms with E-state index in [1.54, 1.807) is 4.90 Å². The van der Waals surface area contributed by atoms with Crippen LogP contribution in [0.4, 0.5) is 0 Å². The van der Waals surface area contributed by atoms with E-state index in [1.165, 1.54) is 24.3 Å². The van der Waals surface area contributed by atoms with Gasteiger partial charge in [-0.2, -0.15) is 0 Å². The molecule has 1 aromatic rings. The molecule has 1 saturated heterocycles. The quantitative estimate of drug-likeness (QED) is 0.901. The average molecular weight is 345 g/mol. The number of nitrogens with two attached hydrogens (primary N) is 1. The second-order valence-corrected chi connectivity index (χ2v) is 8.24. The number of hydrogen-bond donors (Lipinski definition) is 1. The number of amides is 1. The predicted molar refractivity (Wildman–Crippen MR) is 86.5 cm³/mol. The van der Waals surface area contributed by atoms with Crippen LogP contribution in [0.15, 0.2) is 29.2 Å². The fourth-order valence-corrected chi connectivity index (χ4v) is 4.00. The summed E-state index contributed by atoms with van der Waals surface area (Å²) in [5.41, 5.74) is 5.89. The maximum Gasteiger partial charge on any atom is 0.238 e. The molecule has 1 fully saturated rings. The zero-order chi connectivity index (χ0) is 16.3. The van der Waals surface area contributed by atoms with E-state index in [0.717, 1.165) is 12.8 Å². The molecule has 0 bridgehead atoms. The van der Waals surface area contributed by atoms with Gasteiger partial charge in [-0.15, -0.1) is 0 Å². The van der Waals surface area contributed by atoms with Crippen molar-refractivity contribution in [1.82, 2.24) is 4.90 Å². The maximum atomic E-state index is 12.3. The molecule has 1 heterocycles. The van der Waals surface area contributed by atoms with Gasteiger partial charge < -0.3 is 10.6 Å². The summed E-state index contributed by atoms with van der Waals surface area (Å²) in [5, 5.41) is 0.459. The Morgan fingerprint density at radius 2 is 2.05 bits per heavy atom. The summed E-state index contributed by atoms with van der Waals surface area (Å²) in [6, 6.07) is 5.86. The van der Waals surface area contributed by atoms with Crippen molar-refractivity contribution >= 4 is 27.3 Å². The maximum absolute atomic E-state index is 12.3. The van der Waals surface area contributed by atoms with E-state index in [2.05, 4.69) is 0 Å². The van der Waals surface area contributed by atoms with Crippen LogP contribution < -0.4 is 5.73 Å². The van der Waals surface area contributed by atoms with Gasteiger partial charge in [0.1, 0.15) is 5.75 Å². The van der Waals surface area contributed by atoms with Crippen LogP contribution in [0, 0.1) is 5.92 Å². The first-order valence-electron chi connectivity index (χ1n) is 7.31. The van der Waals surface area contributed by atoms with Crippen molar-refractivity contribution in [3.8, 4) is 0 Å². The fraction of sp³-hybridized carbons (Fsp3) is 0.533. The lowest BCUT2D eigenvalue weighted by Gasteiger charge is -2.34. The summed E-state index contributed by atoms with van der Waals surface area (Å²) in [5.74, 6) is -0.642. The standard InChI is InChI=1S/C15H21ClN2O3S/c1-11(17)12-3-2-8-18(9-12)15(19)10-22(20,21)14-6-4-13(16)5-7-14/h4-7,11-12H,2-3,8-10,17H2,1H3/t11-,12-/m0/s1. The van der Waals surface area contributed by atoms with E-state index >= 15 is 0 Å². The Morgan fingerprint density at radius 3 is 2.64 bits per heavy atom. The number of halogens is 1. The monoisotopic (exact) mass is 344 g/mol. The molecule has 1 aliphatic rings. The summed E-state index contributed by atoms with van der Waals surface area (Å²) in [4.78, 5) is 14.0. The van der Waals surface area contributed by atoms with Crippen LogP contribution >= 0.6 is 11.6 Å². The van der Waals surface area contributed by atoms with E-state index in [9.17, 15) is 13.2 Å². The number of carbonyl (C=O) groups is 1. The number of hydrogen-bond acceptors (Lipinski definition) is 4. The molecular formula is C15H21ClN2O3S. The molecule has 122 valence electrons. The Kier molecular flexibility index (Phi) is 5.47. The molecule has 1 aliphatic heterocycles. The van der Waals surface area contributed by atoms with Crippen molar-refractivity contribution in [2.45, 2.75) is 30.7 Å². The summed E-state index contributed by atoms with van der Waals surface area (Å²) in [6.07, 6.45) is 1.84. The lowest BCUT2D eigenvalue weighted by Crippen LogP contribution is -2.46. The van der Waals surface area contributed by atoms with Gasteiger partial charge in [0.05, 0.1) is 4.90 Å². The van der Waals surface area contributed by atoms with Gasteiger partial charge >= 0.3 is 0 Å². The normalized spacial score (nSPS) is 20.7. The molecule has 0 saturated carbocycles. The van der Waals surface area contributed by atoms with Crippen LogP contribution in [-0.2, 0) is 14.6 Å². The molecule has 2 N–H and O–H groups in total. The fourth-order valence-electron chi connectivity index (χ4n) is 2.64. The third-order valence-corrected chi connectivity index (χ3v) is 5.91. The van der Waals surface area contributed by atoms with E-state index in [1.807, 2.05) is 6.92 Å². The zero-order valence-corrected chi connectivity index (χ0v) is 14.1. The van der Waals surface area contributed by atoms with E-state index in [0.29, 0.717) is 18.1 Å². The molecule has 2 atom stereocenters. The minimum Gasteiger partial charge on any atom is -0.341 e. The minimum absolute atomic E-state index is 0.00322. The van der Waals surface area contributed by atoms with E-state index < -0.39 is 15.6 Å². The third-order valence-electron chi connectivity index (χ3n) is 4.04. The highest BCUT2D eigenvalue weighted by Gasteiger charge is 2.29. The number of carbonyl (C=O) groups excluding carboxylic acids is 1. The lowest BCUT2D eigenvalue weighted by atomic mass is 9.92. The molecule has 2 rings (SSSR count). The summed E-state index contributed by atoms with van der Waals surface area (Å²) < 4.78 is 24.6. The van der Waals surface area contributed by atoms with Crippen LogP contribution in [0.25, 0.3) is 0 Å². The Hall–Kier alpha value is -1.11. The molecule has 7 heteroatoms. The van der Waals surface area contributed by atoms with Gasteiger partial charge in [0.15, 0.2) is 9.84 Å². The number of benzene rings is 1. The van der Waals surface area contributed by atoms with Gasteiger partial charge in [0, 0.05) is 24.2 Å². The molecule has 0 aromatic heterocycles. The smallest absolute Gasteiger partial charge is 0.238 e. The first-order chi connectivity index (χ1) is 10.3. The summed E-state index contributed by atoms with van der Waals surface area (Å²) >= 11 is 5.75. The highest BCUT2D eigenvalue weighted by molar-refractivity contribution is 7.92. The van der Waals surface area contributed by atoms with Crippen molar-refractivity contribution in [3.05, 3.63) is 29.3 Å². The highest BCUT2D eigenvalue weighted by Crippen LogP contribution is 2.20. The number of sulfone groups is 1. The molecule has 0 spiro atoms. The number of rotatable bonds is 4. The van der Waals surface area contributed by atoms with Gasteiger partial charge in [0.2, 0.25) is 5.91 Å². The molecule has 1 amide bonds. The summed E-state index contributed by atoms with van der Waals surface area (Å²) in [6.45, 7) is 3.05. The highest BCUT2D eigenvalue weighted by atomic mass is 35.5. The van der Waals surface area contributed by atoms with Crippen molar-refractivity contribution in [3.63, 3.8) is 0 Å². The molecule has 5 nitrogen and oxygen atoms in total. The minimum atomic E-state index is -3.64. The first-order valence-corrected chi connectivity index (χ1v) is 9.34. The molecular weight excluding hydrogens is 324 g/mol. The zero-order valence-electron chi connectivity index (χ0n) is 12.5. The van der Waals surface area contributed by atoms with Crippen LogP contribution in [0.2, 0.25) is 5.02 Å². The van der Waals surface area contributed by atoms with Crippen LogP contribution in [0.3, 0.4) is 0 Å². The second kappa shape index (κ2) is 6.98. The largest absolute Gasteiger partial charge is 0.341 e. The van der Waals surface area contributed by atoms with Crippen molar-refractivity contribution in [1.29, 1.82) is 0 Å². The Balaban J connectivity index is 2.06. The van der Waals surface area contributed by atoms with E-state index in [-0.39, 0.29) is 22.8 Å². The molecule has 22 heavy (non-hydrogen) atoms. The predicted octanol–water partition coefficient (Wildman–Crippen LogP) is 1.70. The van der Waals surface area contributed by atoms with Crippen molar-refractivity contribution < 1.29 is 13.2 Å². The van der Waals surface area contributed by atoms with Gasteiger partial charge in [-0.25, -0.2) is 8.42 Å². The SMILES string of the molecule is C[C@H](N)[C@H]1CCCN(C(=O)CS(=O)(=O)c2ccc(Cl)cc2)C1. The van der Waals surface area contributed by atoms with Crippen LogP contribution in [-0.4, -0.2) is 44.1 Å². The first kappa shape index (κ1) is 17.2. The van der Waals surface area contributed by atoms with Gasteiger partial charge in [0.25, 0.3) is 0 Å². The van der Waals surface area contributed by atoms with Gasteiger partial charge in [-0.05, 0) is 49.9 Å². The van der Waals surface area contributed by atoms with Crippen LogP contribution in [0.5, 0.6) is 0 Å². The molecule has 0 radical (unpaired) electrons. The Bertz CT molecular complexity index is 629. The third kappa shape index (κ3) is 4.21. The van der Waals surface area contributed by atoms with Crippen molar-refractivity contribution in [2.24, 2.45) is 11.7 Å². The Labute approximate surface area is 136 Å². The number of nitrogens with zero attached hydrogens (tertiary/aromatic N) is 1. The summed E-state index contributed by atoms with van der Waals surface area (Å²) in [7, 11) is -3.64. The average Bonchev–Trinajstić information content (AvgIpc) is 2.47. The van der Waals surface area contributed by atoms with Crippen molar-refractivity contribution in [2.75, 3.05) is 18.8 Å². The Morgan fingerprint density at radius 1 is 1.41 bits per heavy atom. The molecule has 0 aliphatic carbocycles. The number of likely N-dealkylation sites (tertiary alicyclic amines) is 1. The lowest BCUT2D eigenvalue weighted by molar-refractivity contribution is -0.130. The van der Waals surface area contributed by atoms with Gasteiger partial charge in [-0.1, -0.05) is 11.6 Å². The van der Waals surface area contributed by atoms with Gasteiger partial charge in [-0.3, -0.25) is 4.79 Å². The second-order valence-electron chi connectivity index (χ2n) is 5.81.